The molecule has 0 fully saturated rings. The summed E-state index contributed by atoms with van der Waals surface area (Å²) in [5, 5.41) is 0.928. The van der Waals surface area contributed by atoms with Crippen LogP contribution in [0.4, 0.5) is 0 Å². The van der Waals surface area contributed by atoms with Crippen molar-refractivity contribution >= 4 is 16.9 Å². The molecule has 4 nitrogen and oxygen atoms in total. The summed E-state index contributed by atoms with van der Waals surface area (Å²) in [6, 6.07) is 7.28. The van der Waals surface area contributed by atoms with Gasteiger partial charge in [0, 0.05) is 11.6 Å². The maximum Gasteiger partial charge on any atom is 0.341 e. The third kappa shape index (κ3) is 2.06. The zero-order chi connectivity index (χ0) is 12.3. The second-order valence-corrected chi connectivity index (χ2v) is 3.44. The molecule has 0 saturated heterocycles. The number of ether oxygens (including phenoxy) is 2. The van der Waals surface area contributed by atoms with Gasteiger partial charge in [0.15, 0.2) is 5.75 Å². The van der Waals surface area contributed by atoms with Gasteiger partial charge in [-0.2, -0.15) is 0 Å². The van der Waals surface area contributed by atoms with Crippen molar-refractivity contribution in [3.05, 3.63) is 36.0 Å². The van der Waals surface area contributed by atoms with Gasteiger partial charge in [-0.1, -0.05) is 12.1 Å². The fraction of sp³-hybridized carbons (Fsp3) is 0.231. The molecule has 2 rings (SSSR count). The van der Waals surface area contributed by atoms with Crippen LogP contribution in [-0.4, -0.2) is 24.7 Å². The molecular weight excluding hydrogens is 218 g/mol. The van der Waals surface area contributed by atoms with Crippen LogP contribution in [0, 0.1) is 0 Å². The quantitative estimate of drug-likeness (QED) is 0.761. The summed E-state index contributed by atoms with van der Waals surface area (Å²) >= 11 is 0. The highest BCUT2D eigenvalue weighted by atomic mass is 16.5. The first-order valence-electron chi connectivity index (χ1n) is 5.36. The number of methoxy groups -OCH3 is 1. The number of carbonyl (C=O) groups excluding carboxylic acids is 1. The van der Waals surface area contributed by atoms with Gasteiger partial charge in [-0.05, 0) is 19.1 Å². The number of benzene rings is 1. The van der Waals surface area contributed by atoms with E-state index in [0.717, 1.165) is 5.39 Å². The fourth-order valence-electron chi connectivity index (χ4n) is 1.69. The van der Waals surface area contributed by atoms with E-state index in [1.165, 1.54) is 7.11 Å². The summed E-state index contributed by atoms with van der Waals surface area (Å²) in [6.07, 6.45) is 1.67. The van der Waals surface area contributed by atoms with Crippen LogP contribution in [0.15, 0.2) is 30.5 Å². The predicted octanol–water partition coefficient (Wildman–Crippen LogP) is 2.42. The summed E-state index contributed by atoms with van der Waals surface area (Å²) in [5.74, 6) is 0.0680. The Labute approximate surface area is 99.2 Å². The standard InChI is InChI=1S/C13H13NO3/c1-3-17-13(15)10-7-6-9-5-4-8-14-11(9)12(10)16-2/h4-8H,3H2,1-2H3. The van der Waals surface area contributed by atoms with Gasteiger partial charge in [0.05, 0.1) is 13.7 Å². The van der Waals surface area contributed by atoms with Crippen LogP contribution in [-0.2, 0) is 4.74 Å². The number of aromatic nitrogens is 1. The lowest BCUT2D eigenvalue weighted by Crippen LogP contribution is -2.07. The molecule has 0 atom stereocenters. The second kappa shape index (κ2) is 4.82. The molecular formula is C13H13NO3. The van der Waals surface area contributed by atoms with E-state index in [0.29, 0.717) is 23.4 Å². The Morgan fingerprint density at radius 2 is 2.18 bits per heavy atom. The molecule has 0 aliphatic rings. The zero-order valence-electron chi connectivity index (χ0n) is 9.77. The highest BCUT2D eigenvalue weighted by molar-refractivity contribution is 5.99. The number of hydrogen-bond donors (Lipinski definition) is 0. The van der Waals surface area contributed by atoms with Gasteiger partial charge in [0.1, 0.15) is 11.1 Å². The van der Waals surface area contributed by atoms with Crippen molar-refractivity contribution in [2.75, 3.05) is 13.7 Å². The van der Waals surface area contributed by atoms with E-state index in [1.807, 2.05) is 18.2 Å². The first kappa shape index (κ1) is 11.4. The van der Waals surface area contributed by atoms with Gasteiger partial charge >= 0.3 is 5.97 Å². The Kier molecular flexibility index (Phi) is 3.23. The minimum absolute atomic E-state index is 0.336. The monoisotopic (exact) mass is 231 g/mol. The maximum absolute atomic E-state index is 11.7. The van der Waals surface area contributed by atoms with E-state index in [4.69, 9.17) is 9.47 Å². The number of pyridine rings is 1. The average molecular weight is 231 g/mol. The molecule has 1 aromatic heterocycles. The number of esters is 1. The molecule has 2 aromatic rings. The summed E-state index contributed by atoms with van der Waals surface area (Å²) in [7, 11) is 1.52. The fourth-order valence-corrected chi connectivity index (χ4v) is 1.69. The smallest absolute Gasteiger partial charge is 0.341 e. The molecule has 88 valence electrons. The number of rotatable bonds is 3. The Hall–Kier alpha value is -2.10. The SMILES string of the molecule is CCOC(=O)c1ccc2cccnc2c1OC. The number of hydrogen-bond acceptors (Lipinski definition) is 4. The van der Waals surface area contributed by atoms with E-state index >= 15 is 0 Å². The van der Waals surface area contributed by atoms with E-state index < -0.39 is 5.97 Å². The van der Waals surface area contributed by atoms with Gasteiger partial charge < -0.3 is 9.47 Å². The highest BCUT2D eigenvalue weighted by Gasteiger charge is 2.16. The van der Waals surface area contributed by atoms with Crippen LogP contribution in [0.5, 0.6) is 5.75 Å². The largest absolute Gasteiger partial charge is 0.494 e. The Morgan fingerprint density at radius 3 is 2.88 bits per heavy atom. The van der Waals surface area contributed by atoms with Crippen molar-refractivity contribution < 1.29 is 14.3 Å². The topological polar surface area (TPSA) is 48.4 Å². The molecule has 0 spiro atoms. The molecule has 1 heterocycles. The first-order valence-corrected chi connectivity index (χ1v) is 5.36. The van der Waals surface area contributed by atoms with Gasteiger partial charge in [-0.3, -0.25) is 4.98 Å². The van der Waals surface area contributed by atoms with Crippen molar-refractivity contribution in [1.29, 1.82) is 0 Å². The van der Waals surface area contributed by atoms with E-state index in [9.17, 15) is 4.79 Å². The summed E-state index contributed by atoms with van der Waals surface area (Å²) < 4.78 is 10.2. The Bertz CT molecular complexity index is 551. The lowest BCUT2D eigenvalue weighted by Gasteiger charge is -2.09. The molecule has 0 N–H and O–H groups in total. The third-order valence-electron chi connectivity index (χ3n) is 2.43. The molecule has 0 saturated carbocycles. The molecule has 0 radical (unpaired) electrons. The molecule has 4 heteroatoms. The molecule has 1 aromatic carbocycles. The van der Waals surface area contributed by atoms with Gasteiger partial charge in [-0.15, -0.1) is 0 Å². The summed E-state index contributed by atoms with van der Waals surface area (Å²) in [4.78, 5) is 16.0. The van der Waals surface area contributed by atoms with Crippen molar-refractivity contribution in [1.82, 2.24) is 4.98 Å². The summed E-state index contributed by atoms with van der Waals surface area (Å²) in [5.41, 5.74) is 1.07. The number of nitrogens with zero attached hydrogens (tertiary/aromatic N) is 1. The normalized spacial score (nSPS) is 10.2. The van der Waals surface area contributed by atoms with Crippen molar-refractivity contribution in [2.45, 2.75) is 6.92 Å². The van der Waals surface area contributed by atoms with Crippen molar-refractivity contribution in [2.24, 2.45) is 0 Å². The third-order valence-corrected chi connectivity index (χ3v) is 2.43. The van der Waals surface area contributed by atoms with Crippen LogP contribution >= 0.6 is 0 Å². The lowest BCUT2D eigenvalue weighted by atomic mass is 10.1. The molecule has 0 amide bonds. The van der Waals surface area contributed by atoms with Gasteiger partial charge in [-0.25, -0.2) is 4.79 Å². The van der Waals surface area contributed by atoms with Gasteiger partial charge in [0.25, 0.3) is 0 Å². The van der Waals surface area contributed by atoms with Crippen LogP contribution in [0.3, 0.4) is 0 Å². The van der Waals surface area contributed by atoms with E-state index in [1.54, 1.807) is 19.2 Å². The van der Waals surface area contributed by atoms with Crippen LogP contribution in [0.2, 0.25) is 0 Å². The number of fused-ring (bicyclic) bond motifs is 1. The highest BCUT2D eigenvalue weighted by Crippen LogP contribution is 2.28. The first-order chi connectivity index (χ1) is 8.27. The van der Waals surface area contributed by atoms with Crippen LogP contribution in [0.25, 0.3) is 10.9 Å². The van der Waals surface area contributed by atoms with Gasteiger partial charge in [0.2, 0.25) is 0 Å². The summed E-state index contributed by atoms with van der Waals surface area (Å²) in [6.45, 7) is 2.10. The van der Waals surface area contributed by atoms with Crippen molar-refractivity contribution in [3.63, 3.8) is 0 Å². The van der Waals surface area contributed by atoms with Crippen LogP contribution in [0.1, 0.15) is 17.3 Å². The van der Waals surface area contributed by atoms with E-state index in [-0.39, 0.29) is 0 Å². The Morgan fingerprint density at radius 1 is 1.35 bits per heavy atom. The zero-order valence-corrected chi connectivity index (χ0v) is 9.77. The van der Waals surface area contributed by atoms with Crippen molar-refractivity contribution in [3.8, 4) is 5.75 Å². The maximum atomic E-state index is 11.7. The minimum atomic E-state index is -0.392. The van der Waals surface area contributed by atoms with E-state index in [2.05, 4.69) is 4.98 Å². The molecule has 0 aliphatic carbocycles. The lowest BCUT2D eigenvalue weighted by molar-refractivity contribution is 0.0523. The average Bonchev–Trinajstić information content (AvgIpc) is 2.37. The molecule has 0 bridgehead atoms. The Balaban J connectivity index is 2.60. The molecule has 0 unspecified atom stereocenters. The van der Waals surface area contributed by atoms with Crippen LogP contribution < -0.4 is 4.74 Å². The number of carbonyl (C=O) groups is 1. The molecule has 17 heavy (non-hydrogen) atoms. The molecule has 0 aliphatic heterocycles. The minimum Gasteiger partial charge on any atom is -0.494 e. The second-order valence-electron chi connectivity index (χ2n) is 3.44. The predicted molar refractivity (Wildman–Crippen MR) is 64.3 cm³/mol.